The van der Waals surface area contributed by atoms with Gasteiger partial charge in [-0.05, 0) is 36.6 Å². The number of nitrogens with two attached hydrogens (primary N) is 1. The van der Waals surface area contributed by atoms with Crippen molar-refractivity contribution in [3.63, 3.8) is 0 Å². The number of rotatable bonds is 2. The normalized spacial score (nSPS) is 18.7. The highest BCUT2D eigenvalue weighted by Crippen LogP contribution is 2.31. The lowest BCUT2D eigenvalue weighted by atomic mass is 10.0. The average molecular weight is 281 g/mol. The molecule has 1 heterocycles. The first-order chi connectivity index (χ1) is 10.1. The average Bonchev–Trinajstić information content (AvgIpc) is 2.65. The van der Waals surface area contributed by atoms with Crippen LogP contribution >= 0.6 is 0 Å². The van der Waals surface area contributed by atoms with Crippen molar-refractivity contribution in [3.8, 4) is 0 Å². The molecule has 0 spiro atoms. The van der Waals surface area contributed by atoms with E-state index in [4.69, 9.17) is 5.73 Å². The maximum atomic E-state index is 6.14. The second-order valence-corrected chi connectivity index (χ2v) is 5.95. The van der Waals surface area contributed by atoms with Crippen molar-refractivity contribution in [2.24, 2.45) is 0 Å². The molecule has 1 atom stereocenters. The van der Waals surface area contributed by atoms with Crippen LogP contribution in [0, 0.1) is 6.92 Å². The van der Waals surface area contributed by atoms with Gasteiger partial charge in [-0.15, -0.1) is 0 Å². The van der Waals surface area contributed by atoms with Gasteiger partial charge in [0.05, 0.1) is 11.4 Å². The van der Waals surface area contributed by atoms with Crippen LogP contribution in [0.4, 0.5) is 11.4 Å². The standard InChI is InChI=1S/C18H23N3/c1-13-8-9-17(19)18-16(13)12-21(14(2)10-20-18)11-15-6-4-3-5-7-15/h3-9,14,20H,10-12,19H2,1-2H3/t14-/m0/s1. The fourth-order valence-corrected chi connectivity index (χ4v) is 2.95. The summed E-state index contributed by atoms with van der Waals surface area (Å²) in [5.41, 5.74) is 12.1. The van der Waals surface area contributed by atoms with E-state index in [-0.39, 0.29) is 0 Å². The van der Waals surface area contributed by atoms with Crippen molar-refractivity contribution in [1.82, 2.24) is 4.90 Å². The number of nitrogen functional groups attached to an aromatic ring is 1. The van der Waals surface area contributed by atoms with Crippen molar-refractivity contribution >= 4 is 11.4 Å². The summed E-state index contributed by atoms with van der Waals surface area (Å²) in [4.78, 5) is 2.51. The van der Waals surface area contributed by atoms with E-state index in [2.05, 4.69) is 60.5 Å². The first-order valence-corrected chi connectivity index (χ1v) is 7.55. The Morgan fingerprint density at radius 1 is 1.19 bits per heavy atom. The predicted octanol–water partition coefficient (Wildman–Crippen LogP) is 3.39. The highest BCUT2D eigenvalue weighted by atomic mass is 15.2. The molecular formula is C18H23N3. The number of benzene rings is 2. The fourth-order valence-electron chi connectivity index (χ4n) is 2.95. The van der Waals surface area contributed by atoms with Crippen molar-refractivity contribution < 1.29 is 0 Å². The molecule has 2 aromatic rings. The van der Waals surface area contributed by atoms with E-state index < -0.39 is 0 Å². The van der Waals surface area contributed by atoms with Crippen molar-refractivity contribution in [3.05, 3.63) is 59.2 Å². The van der Waals surface area contributed by atoms with Crippen LogP contribution in [0.3, 0.4) is 0 Å². The van der Waals surface area contributed by atoms with Gasteiger partial charge in [0, 0.05) is 25.7 Å². The van der Waals surface area contributed by atoms with Gasteiger partial charge in [-0.3, -0.25) is 4.90 Å². The number of anilines is 2. The molecule has 3 rings (SSSR count). The van der Waals surface area contributed by atoms with Crippen LogP contribution in [0.5, 0.6) is 0 Å². The van der Waals surface area contributed by atoms with Crippen LogP contribution in [0.25, 0.3) is 0 Å². The molecule has 1 aliphatic rings. The first-order valence-electron chi connectivity index (χ1n) is 7.55. The summed E-state index contributed by atoms with van der Waals surface area (Å²) in [6.07, 6.45) is 0. The van der Waals surface area contributed by atoms with Gasteiger partial charge in [-0.1, -0.05) is 36.4 Å². The van der Waals surface area contributed by atoms with E-state index in [9.17, 15) is 0 Å². The SMILES string of the molecule is Cc1ccc(N)c2c1CN(Cc1ccccc1)[C@@H](C)CN2. The number of aryl methyl sites for hydroxylation is 1. The smallest absolute Gasteiger partial charge is 0.0622 e. The highest BCUT2D eigenvalue weighted by Gasteiger charge is 2.22. The number of hydrogen-bond acceptors (Lipinski definition) is 3. The Kier molecular flexibility index (Phi) is 3.84. The van der Waals surface area contributed by atoms with E-state index in [1.54, 1.807) is 0 Å². The first kappa shape index (κ1) is 14.0. The molecule has 0 radical (unpaired) electrons. The third-order valence-electron chi connectivity index (χ3n) is 4.37. The van der Waals surface area contributed by atoms with Crippen LogP contribution in [0.2, 0.25) is 0 Å². The summed E-state index contributed by atoms with van der Waals surface area (Å²) >= 11 is 0. The van der Waals surface area contributed by atoms with Gasteiger partial charge in [-0.2, -0.15) is 0 Å². The second-order valence-electron chi connectivity index (χ2n) is 5.95. The second kappa shape index (κ2) is 5.78. The summed E-state index contributed by atoms with van der Waals surface area (Å²) in [7, 11) is 0. The van der Waals surface area contributed by atoms with E-state index >= 15 is 0 Å². The van der Waals surface area contributed by atoms with Gasteiger partial charge in [0.1, 0.15) is 0 Å². The maximum absolute atomic E-state index is 6.14. The Morgan fingerprint density at radius 2 is 1.95 bits per heavy atom. The molecular weight excluding hydrogens is 258 g/mol. The van der Waals surface area contributed by atoms with Crippen LogP contribution < -0.4 is 11.1 Å². The van der Waals surface area contributed by atoms with E-state index in [1.165, 1.54) is 16.7 Å². The third-order valence-corrected chi connectivity index (χ3v) is 4.37. The molecule has 3 heteroatoms. The lowest BCUT2D eigenvalue weighted by Gasteiger charge is -2.27. The molecule has 0 saturated carbocycles. The molecule has 3 N–H and O–H groups in total. The summed E-state index contributed by atoms with van der Waals surface area (Å²) < 4.78 is 0. The topological polar surface area (TPSA) is 41.3 Å². The zero-order valence-corrected chi connectivity index (χ0v) is 12.8. The largest absolute Gasteiger partial charge is 0.397 e. The van der Waals surface area contributed by atoms with Gasteiger partial charge in [0.15, 0.2) is 0 Å². The molecule has 21 heavy (non-hydrogen) atoms. The molecule has 0 aromatic heterocycles. The van der Waals surface area contributed by atoms with Gasteiger partial charge in [0.2, 0.25) is 0 Å². The molecule has 0 aliphatic carbocycles. The molecule has 0 amide bonds. The van der Waals surface area contributed by atoms with Crippen LogP contribution in [0.1, 0.15) is 23.6 Å². The van der Waals surface area contributed by atoms with Crippen molar-refractivity contribution in [2.45, 2.75) is 33.0 Å². The van der Waals surface area contributed by atoms with Crippen LogP contribution in [0.15, 0.2) is 42.5 Å². The number of nitrogens with one attached hydrogen (secondary N) is 1. The Balaban J connectivity index is 1.90. The number of nitrogens with zero attached hydrogens (tertiary/aromatic N) is 1. The number of hydrogen-bond donors (Lipinski definition) is 2. The van der Waals surface area contributed by atoms with Gasteiger partial charge >= 0.3 is 0 Å². The Bertz CT molecular complexity index is 622. The fraction of sp³-hybridized carbons (Fsp3) is 0.333. The maximum Gasteiger partial charge on any atom is 0.0622 e. The van der Waals surface area contributed by atoms with Crippen LogP contribution in [-0.4, -0.2) is 17.5 Å². The minimum atomic E-state index is 0.469. The molecule has 0 bridgehead atoms. The lowest BCUT2D eigenvalue weighted by molar-refractivity contribution is 0.203. The van der Waals surface area contributed by atoms with Crippen molar-refractivity contribution in [2.75, 3.05) is 17.6 Å². The van der Waals surface area contributed by atoms with Gasteiger partial charge in [-0.25, -0.2) is 0 Å². The van der Waals surface area contributed by atoms with Gasteiger partial charge in [0.25, 0.3) is 0 Å². The molecule has 2 aromatic carbocycles. The molecule has 0 unspecified atom stereocenters. The minimum absolute atomic E-state index is 0.469. The highest BCUT2D eigenvalue weighted by molar-refractivity contribution is 5.72. The predicted molar refractivity (Wildman–Crippen MR) is 89.2 cm³/mol. The van der Waals surface area contributed by atoms with E-state index in [1.807, 2.05) is 6.07 Å². The number of fused-ring (bicyclic) bond motifs is 1. The molecule has 0 fully saturated rings. The Labute approximate surface area is 126 Å². The quantitative estimate of drug-likeness (QED) is 0.829. The summed E-state index contributed by atoms with van der Waals surface area (Å²) in [6.45, 7) is 7.27. The summed E-state index contributed by atoms with van der Waals surface area (Å²) in [6, 6.07) is 15.2. The van der Waals surface area contributed by atoms with E-state index in [0.29, 0.717) is 6.04 Å². The lowest BCUT2D eigenvalue weighted by Crippen LogP contribution is -2.34. The molecule has 1 aliphatic heterocycles. The Hall–Kier alpha value is -2.00. The summed E-state index contributed by atoms with van der Waals surface area (Å²) in [5, 5.41) is 3.53. The zero-order chi connectivity index (χ0) is 14.8. The van der Waals surface area contributed by atoms with Crippen molar-refractivity contribution in [1.29, 1.82) is 0 Å². The Morgan fingerprint density at radius 3 is 2.71 bits per heavy atom. The molecule has 0 saturated heterocycles. The molecule has 110 valence electrons. The summed E-state index contributed by atoms with van der Waals surface area (Å²) in [5.74, 6) is 0. The van der Waals surface area contributed by atoms with Crippen LogP contribution in [-0.2, 0) is 13.1 Å². The monoisotopic (exact) mass is 281 g/mol. The van der Waals surface area contributed by atoms with Gasteiger partial charge < -0.3 is 11.1 Å². The van der Waals surface area contributed by atoms with E-state index in [0.717, 1.165) is 31.0 Å². The molecule has 3 nitrogen and oxygen atoms in total. The third kappa shape index (κ3) is 2.88. The zero-order valence-electron chi connectivity index (χ0n) is 12.8. The minimum Gasteiger partial charge on any atom is -0.397 e.